The quantitative estimate of drug-likeness (QED) is 0.527. The molecule has 0 radical (unpaired) electrons. The first-order valence-corrected chi connectivity index (χ1v) is 5.75. The third-order valence-corrected chi connectivity index (χ3v) is 2.99. The predicted molar refractivity (Wildman–Crippen MR) is 72.0 cm³/mol. The zero-order chi connectivity index (χ0) is 14.2. The SMILES string of the molecule is CN1C(=O)Nc2ccccc2C1(O)C(=O)NC(N)=S. The summed E-state index contributed by atoms with van der Waals surface area (Å²) in [5.74, 6) is -0.884. The second-order valence-corrected chi connectivity index (χ2v) is 4.47. The van der Waals surface area contributed by atoms with E-state index in [-0.39, 0.29) is 10.7 Å². The summed E-state index contributed by atoms with van der Waals surface area (Å²) in [6, 6.07) is 5.82. The molecule has 8 heteroatoms. The van der Waals surface area contributed by atoms with E-state index < -0.39 is 17.7 Å². The maximum Gasteiger partial charge on any atom is 0.324 e. The standard InChI is InChI=1S/C11H12N4O3S/c1-15-10(17)13-7-5-3-2-4-6(7)11(15,18)8(16)14-9(12)19/h2-5,18H,1H3,(H,13,17)(H3,12,14,16,19). The summed E-state index contributed by atoms with van der Waals surface area (Å²) in [5, 5.41) is 15.0. The van der Waals surface area contributed by atoms with Crippen molar-refractivity contribution in [2.75, 3.05) is 12.4 Å². The first kappa shape index (κ1) is 13.2. The summed E-state index contributed by atoms with van der Waals surface area (Å²) in [4.78, 5) is 24.8. The number of fused-ring (bicyclic) bond motifs is 1. The molecule has 0 spiro atoms. The van der Waals surface area contributed by atoms with Crippen molar-refractivity contribution in [3.8, 4) is 0 Å². The number of nitrogens with one attached hydrogen (secondary N) is 2. The first-order chi connectivity index (χ1) is 8.87. The molecule has 1 atom stereocenters. The molecule has 0 fully saturated rings. The van der Waals surface area contributed by atoms with Gasteiger partial charge in [0.15, 0.2) is 5.11 Å². The number of rotatable bonds is 1. The summed E-state index contributed by atoms with van der Waals surface area (Å²) in [6.45, 7) is 0. The molecule has 19 heavy (non-hydrogen) atoms. The molecule has 3 amide bonds. The molecule has 1 aromatic carbocycles. The molecule has 1 aromatic rings. The van der Waals surface area contributed by atoms with Gasteiger partial charge in [0.25, 0.3) is 11.6 Å². The molecule has 1 aliphatic rings. The van der Waals surface area contributed by atoms with Crippen LogP contribution in [0.2, 0.25) is 0 Å². The Morgan fingerprint density at radius 3 is 2.79 bits per heavy atom. The van der Waals surface area contributed by atoms with Gasteiger partial charge in [-0.2, -0.15) is 0 Å². The lowest BCUT2D eigenvalue weighted by Gasteiger charge is -2.40. The number of carbonyl (C=O) groups is 2. The molecule has 0 bridgehead atoms. The molecule has 0 saturated heterocycles. The molecule has 100 valence electrons. The third kappa shape index (κ3) is 2.00. The number of benzene rings is 1. The van der Waals surface area contributed by atoms with Crippen molar-refractivity contribution in [1.82, 2.24) is 10.2 Å². The normalized spacial score (nSPS) is 21.4. The lowest BCUT2D eigenvalue weighted by molar-refractivity contribution is -0.155. The van der Waals surface area contributed by atoms with Gasteiger partial charge in [0.2, 0.25) is 0 Å². The maximum atomic E-state index is 12.1. The zero-order valence-electron chi connectivity index (χ0n) is 10.0. The molecular weight excluding hydrogens is 268 g/mol. The van der Waals surface area contributed by atoms with Gasteiger partial charge >= 0.3 is 6.03 Å². The molecule has 7 nitrogen and oxygen atoms in total. The average Bonchev–Trinajstić information content (AvgIpc) is 2.35. The van der Waals surface area contributed by atoms with Crippen molar-refractivity contribution in [3.05, 3.63) is 29.8 Å². The van der Waals surface area contributed by atoms with E-state index in [1.165, 1.54) is 13.1 Å². The van der Waals surface area contributed by atoms with Crippen molar-refractivity contribution >= 4 is 35.0 Å². The Hall–Kier alpha value is -2.19. The monoisotopic (exact) mass is 280 g/mol. The summed E-state index contributed by atoms with van der Waals surface area (Å²) >= 11 is 4.57. The van der Waals surface area contributed by atoms with Gasteiger partial charge < -0.3 is 16.2 Å². The Kier molecular flexibility index (Phi) is 3.13. The highest BCUT2D eigenvalue weighted by Gasteiger charge is 2.49. The molecule has 0 aromatic heterocycles. The van der Waals surface area contributed by atoms with Crippen LogP contribution in [-0.2, 0) is 10.5 Å². The molecule has 1 aliphatic heterocycles. The van der Waals surface area contributed by atoms with Gasteiger partial charge in [0.05, 0.1) is 5.69 Å². The van der Waals surface area contributed by atoms with Crippen LogP contribution in [0.3, 0.4) is 0 Å². The molecule has 1 unspecified atom stereocenters. The lowest BCUT2D eigenvalue weighted by atomic mass is 9.96. The van der Waals surface area contributed by atoms with Crippen LogP contribution in [0.4, 0.5) is 10.5 Å². The van der Waals surface area contributed by atoms with Crippen LogP contribution < -0.4 is 16.4 Å². The highest BCUT2D eigenvalue weighted by atomic mass is 32.1. The Balaban J connectivity index is 2.55. The van der Waals surface area contributed by atoms with E-state index in [2.05, 4.69) is 22.9 Å². The van der Waals surface area contributed by atoms with Crippen LogP contribution in [0.1, 0.15) is 5.56 Å². The number of aliphatic hydroxyl groups is 1. The number of urea groups is 1. The minimum Gasteiger partial charge on any atom is -0.376 e. The highest BCUT2D eigenvalue weighted by molar-refractivity contribution is 7.80. The van der Waals surface area contributed by atoms with Gasteiger partial charge in [-0.1, -0.05) is 18.2 Å². The largest absolute Gasteiger partial charge is 0.376 e. The zero-order valence-corrected chi connectivity index (χ0v) is 10.8. The van der Waals surface area contributed by atoms with Crippen LogP contribution in [0.15, 0.2) is 24.3 Å². The number of thiocarbonyl (C=S) groups is 1. The number of likely N-dealkylation sites (N-methyl/N-ethyl adjacent to an activating group) is 1. The molecule has 0 aliphatic carbocycles. The van der Waals surface area contributed by atoms with Gasteiger partial charge in [0.1, 0.15) is 0 Å². The molecule has 2 rings (SSSR count). The second-order valence-electron chi connectivity index (χ2n) is 4.03. The van der Waals surface area contributed by atoms with Gasteiger partial charge in [-0.05, 0) is 18.3 Å². The summed E-state index contributed by atoms with van der Waals surface area (Å²) in [5.41, 5.74) is 3.66. The van der Waals surface area contributed by atoms with Crippen molar-refractivity contribution in [3.63, 3.8) is 0 Å². The van der Waals surface area contributed by atoms with Crippen molar-refractivity contribution in [2.45, 2.75) is 5.72 Å². The van der Waals surface area contributed by atoms with Crippen LogP contribution >= 0.6 is 12.2 Å². The van der Waals surface area contributed by atoms with Crippen LogP contribution in [-0.4, -0.2) is 34.1 Å². The van der Waals surface area contributed by atoms with E-state index in [1.54, 1.807) is 18.2 Å². The minimum atomic E-state index is -2.16. The van der Waals surface area contributed by atoms with Crippen LogP contribution in [0.5, 0.6) is 0 Å². The Labute approximate surface area is 114 Å². The molecule has 1 heterocycles. The number of para-hydroxylation sites is 1. The Bertz CT molecular complexity index is 577. The fourth-order valence-corrected chi connectivity index (χ4v) is 1.99. The van der Waals surface area contributed by atoms with Crippen LogP contribution in [0, 0.1) is 0 Å². The van der Waals surface area contributed by atoms with Gasteiger partial charge in [-0.25, -0.2) is 4.79 Å². The molecule has 0 saturated carbocycles. The maximum absolute atomic E-state index is 12.1. The number of nitrogens with two attached hydrogens (primary N) is 1. The van der Waals surface area contributed by atoms with Crippen LogP contribution in [0.25, 0.3) is 0 Å². The molecular formula is C11H12N4O3S. The Morgan fingerprint density at radius 1 is 1.53 bits per heavy atom. The lowest BCUT2D eigenvalue weighted by Crippen LogP contribution is -2.61. The predicted octanol–water partition coefficient (Wildman–Crippen LogP) is -0.331. The number of hydrogen-bond donors (Lipinski definition) is 4. The number of amides is 3. The van der Waals surface area contributed by atoms with Gasteiger partial charge in [-0.15, -0.1) is 0 Å². The van der Waals surface area contributed by atoms with Gasteiger partial charge in [-0.3, -0.25) is 15.0 Å². The Morgan fingerprint density at radius 2 is 2.16 bits per heavy atom. The summed E-state index contributed by atoms with van der Waals surface area (Å²) in [7, 11) is 1.30. The highest BCUT2D eigenvalue weighted by Crippen LogP contribution is 2.35. The topological polar surface area (TPSA) is 108 Å². The van der Waals surface area contributed by atoms with E-state index in [4.69, 9.17) is 5.73 Å². The number of anilines is 1. The first-order valence-electron chi connectivity index (χ1n) is 5.35. The number of carbonyl (C=O) groups excluding carboxylic acids is 2. The van der Waals surface area contributed by atoms with E-state index in [9.17, 15) is 14.7 Å². The van der Waals surface area contributed by atoms with E-state index in [1.807, 2.05) is 0 Å². The minimum absolute atomic E-state index is 0.242. The average molecular weight is 280 g/mol. The summed E-state index contributed by atoms with van der Waals surface area (Å²) < 4.78 is 0. The third-order valence-electron chi connectivity index (χ3n) is 2.89. The number of nitrogens with zero attached hydrogens (tertiary/aromatic N) is 1. The van der Waals surface area contributed by atoms with E-state index >= 15 is 0 Å². The van der Waals surface area contributed by atoms with Gasteiger partial charge in [0, 0.05) is 12.6 Å². The number of hydrogen-bond acceptors (Lipinski definition) is 4. The summed E-state index contributed by atoms with van der Waals surface area (Å²) in [6.07, 6.45) is 0. The fourth-order valence-electron chi connectivity index (χ4n) is 1.90. The van der Waals surface area contributed by atoms with E-state index in [0.29, 0.717) is 5.69 Å². The van der Waals surface area contributed by atoms with Crippen molar-refractivity contribution in [2.24, 2.45) is 5.73 Å². The van der Waals surface area contributed by atoms with Crippen molar-refractivity contribution < 1.29 is 14.7 Å². The van der Waals surface area contributed by atoms with Crippen molar-refractivity contribution in [1.29, 1.82) is 0 Å². The molecule has 5 N–H and O–H groups in total. The smallest absolute Gasteiger partial charge is 0.324 e. The second kappa shape index (κ2) is 4.48. The fraction of sp³-hybridized carbons (Fsp3) is 0.182. The van der Waals surface area contributed by atoms with E-state index in [0.717, 1.165) is 4.90 Å².